The standard InChI is InChI=1S/C12H18BrN3/c1-10-4-5-12(15-14-10)16-8-2-3-11(9-16)6-7-13/h4-5,11H,2-3,6-9H2,1H3. The van der Waals surface area contributed by atoms with E-state index in [0.29, 0.717) is 0 Å². The maximum Gasteiger partial charge on any atom is 0.151 e. The zero-order chi connectivity index (χ0) is 11.4. The molecular weight excluding hydrogens is 266 g/mol. The average molecular weight is 284 g/mol. The van der Waals surface area contributed by atoms with E-state index in [0.717, 1.165) is 35.8 Å². The fourth-order valence-corrected chi connectivity index (χ4v) is 2.87. The van der Waals surface area contributed by atoms with Crippen molar-refractivity contribution in [1.82, 2.24) is 10.2 Å². The lowest BCUT2D eigenvalue weighted by Crippen LogP contribution is -2.36. The summed E-state index contributed by atoms with van der Waals surface area (Å²) in [5, 5.41) is 9.49. The molecule has 1 unspecified atom stereocenters. The zero-order valence-electron chi connectivity index (χ0n) is 9.69. The summed E-state index contributed by atoms with van der Waals surface area (Å²) in [5.41, 5.74) is 0.984. The Morgan fingerprint density at radius 3 is 3.00 bits per heavy atom. The third-order valence-corrected chi connectivity index (χ3v) is 3.60. The Kier molecular flexibility index (Phi) is 4.16. The summed E-state index contributed by atoms with van der Waals surface area (Å²) in [6, 6.07) is 4.12. The van der Waals surface area contributed by atoms with Crippen molar-refractivity contribution in [2.75, 3.05) is 23.3 Å². The van der Waals surface area contributed by atoms with Crippen molar-refractivity contribution >= 4 is 21.7 Å². The van der Waals surface area contributed by atoms with Crippen molar-refractivity contribution < 1.29 is 0 Å². The summed E-state index contributed by atoms with van der Waals surface area (Å²) in [7, 11) is 0. The lowest BCUT2D eigenvalue weighted by atomic mass is 9.96. The molecule has 2 rings (SSSR count). The van der Waals surface area contributed by atoms with Crippen molar-refractivity contribution in [3.8, 4) is 0 Å². The highest BCUT2D eigenvalue weighted by Crippen LogP contribution is 2.23. The highest BCUT2D eigenvalue weighted by molar-refractivity contribution is 9.09. The molecule has 0 bridgehead atoms. The van der Waals surface area contributed by atoms with Crippen LogP contribution in [0.2, 0.25) is 0 Å². The van der Waals surface area contributed by atoms with Gasteiger partial charge >= 0.3 is 0 Å². The molecule has 0 aliphatic carbocycles. The van der Waals surface area contributed by atoms with E-state index in [4.69, 9.17) is 0 Å². The first-order valence-corrected chi connectivity index (χ1v) is 7.03. The van der Waals surface area contributed by atoms with E-state index in [2.05, 4.69) is 37.1 Å². The SMILES string of the molecule is Cc1ccc(N2CCCC(CCBr)C2)nn1. The Morgan fingerprint density at radius 2 is 2.31 bits per heavy atom. The van der Waals surface area contributed by atoms with Crippen LogP contribution in [0.15, 0.2) is 12.1 Å². The first kappa shape index (κ1) is 11.8. The molecule has 1 fully saturated rings. The molecule has 0 amide bonds. The Bertz CT molecular complexity index is 324. The fraction of sp³-hybridized carbons (Fsp3) is 0.667. The van der Waals surface area contributed by atoms with Gasteiger partial charge in [-0.1, -0.05) is 15.9 Å². The zero-order valence-corrected chi connectivity index (χ0v) is 11.3. The van der Waals surface area contributed by atoms with E-state index in [1.165, 1.54) is 19.3 Å². The number of alkyl halides is 1. The van der Waals surface area contributed by atoms with E-state index in [1.807, 2.05) is 13.0 Å². The lowest BCUT2D eigenvalue weighted by Gasteiger charge is -2.33. The Hall–Kier alpha value is -0.640. The molecule has 0 aromatic carbocycles. The van der Waals surface area contributed by atoms with E-state index in [9.17, 15) is 0 Å². The first-order valence-electron chi connectivity index (χ1n) is 5.91. The molecule has 0 N–H and O–H groups in total. The molecule has 88 valence electrons. The second-order valence-electron chi connectivity index (χ2n) is 4.46. The van der Waals surface area contributed by atoms with Crippen molar-refractivity contribution in [1.29, 1.82) is 0 Å². The summed E-state index contributed by atoms with van der Waals surface area (Å²) in [6.07, 6.45) is 3.88. The van der Waals surface area contributed by atoms with Crippen LogP contribution in [0.25, 0.3) is 0 Å². The van der Waals surface area contributed by atoms with Crippen LogP contribution in [-0.2, 0) is 0 Å². The number of aromatic nitrogens is 2. The summed E-state index contributed by atoms with van der Waals surface area (Å²) in [6.45, 7) is 4.22. The molecule has 3 nitrogen and oxygen atoms in total. The van der Waals surface area contributed by atoms with Crippen LogP contribution in [0.4, 0.5) is 5.82 Å². The quantitative estimate of drug-likeness (QED) is 0.799. The Balaban J connectivity index is 2.01. The van der Waals surface area contributed by atoms with Crippen LogP contribution in [0.5, 0.6) is 0 Å². The highest BCUT2D eigenvalue weighted by Gasteiger charge is 2.20. The summed E-state index contributed by atoms with van der Waals surface area (Å²) in [5.74, 6) is 1.83. The van der Waals surface area contributed by atoms with Gasteiger partial charge in [0.25, 0.3) is 0 Å². The molecule has 1 atom stereocenters. The number of rotatable bonds is 3. The molecule has 0 radical (unpaired) electrons. The van der Waals surface area contributed by atoms with Gasteiger partial charge < -0.3 is 4.90 Å². The third kappa shape index (κ3) is 2.94. The minimum atomic E-state index is 0.802. The van der Waals surface area contributed by atoms with Gasteiger partial charge in [0.15, 0.2) is 5.82 Å². The van der Waals surface area contributed by atoms with Gasteiger partial charge in [0.05, 0.1) is 5.69 Å². The maximum absolute atomic E-state index is 4.26. The fourth-order valence-electron chi connectivity index (χ4n) is 2.22. The van der Waals surface area contributed by atoms with Gasteiger partial charge in [0.1, 0.15) is 0 Å². The number of halogens is 1. The van der Waals surface area contributed by atoms with Gasteiger partial charge in [-0.2, -0.15) is 5.10 Å². The second kappa shape index (κ2) is 5.62. The van der Waals surface area contributed by atoms with Crippen molar-refractivity contribution in [3.63, 3.8) is 0 Å². The van der Waals surface area contributed by atoms with Gasteiger partial charge in [0.2, 0.25) is 0 Å². The summed E-state index contributed by atoms with van der Waals surface area (Å²) < 4.78 is 0. The van der Waals surface area contributed by atoms with E-state index in [-0.39, 0.29) is 0 Å². The smallest absolute Gasteiger partial charge is 0.151 e. The molecule has 0 saturated carbocycles. The highest BCUT2D eigenvalue weighted by atomic mass is 79.9. The number of aryl methyl sites for hydroxylation is 1. The number of nitrogens with zero attached hydrogens (tertiary/aromatic N) is 3. The largest absolute Gasteiger partial charge is 0.355 e. The normalized spacial score (nSPS) is 21.1. The predicted molar refractivity (Wildman–Crippen MR) is 70.1 cm³/mol. The van der Waals surface area contributed by atoms with Crippen molar-refractivity contribution in [3.05, 3.63) is 17.8 Å². The molecule has 1 aliphatic heterocycles. The van der Waals surface area contributed by atoms with Crippen LogP contribution in [0.3, 0.4) is 0 Å². The summed E-state index contributed by atoms with van der Waals surface area (Å²) >= 11 is 3.52. The molecule has 1 aliphatic rings. The number of piperidine rings is 1. The van der Waals surface area contributed by atoms with Crippen molar-refractivity contribution in [2.45, 2.75) is 26.2 Å². The lowest BCUT2D eigenvalue weighted by molar-refractivity contribution is 0.405. The molecule has 1 aromatic rings. The van der Waals surface area contributed by atoms with Gasteiger partial charge in [-0.05, 0) is 44.2 Å². The molecule has 2 heterocycles. The monoisotopic (exact) mass is 283 g/mol. The van der Waals surface area contributed by atoms with E-state index >= 15 is 0 Å². The van der Waals surface area contributed by atoms with Crippen LogP contribution >= 0.6 is 15.9 Å². The summed E-state index contributed by atoms with van der Waals surface area (Å²) in [4.78, 5) is 2.36. The maximum atomic E-state index is 4.26. The van der Waals surface area contributed by atoms with Gasteiger partial charge in [-0.15, -0.1) is 5.10 Å². The Morgan fingerprint density at radius 1 is 1.44 bits per heavy atom. The average Bonchev–Trinajstić information content (AvgIpc) is 2.31. The molecule has 1 saturated heterocycles. The van der Waals surface area contributed by atoms with E-state index < -0.39 is 0 Å². The van der Waals surface area contributed by atoms with Crippen LogP contribution < -0.4 is 4.90 Å². The number of hydrogen-bond donors (Lipinski definition) is 0. The minimum absolute atomic E-state index is 0.802. The minimum Gasteiger partial charge on any atom is -0.355 e. The molecule has 16 heavy (non-hydrogen) atoms. The first-order chi connectivity index (χ1) is 7.79. The van der Waals surface area contributed by atoms with Crippen LogP contribution in [-0.4, -0.2) is 28.6 Å². The second-order valence-corrected chi connectivity index (χ2v) is 5.26. The molecular formula is C12H18BrN3. The van der Waals surface area contributed by atoms with Crippen LogP contribution in [0, 0.1) is 12.8 Å². The van der Waals surface area contributed by atoms with Crippen molar-refractivity contribution in [2.24, 2.45) is 5.92 Å². The molecule has 0 spiro atoms. The van der Waals surface area contributed by atoms with Gasteiger partial charge in [-0.3, -0.25) is 0 Å². The Labute approximate surface area is 105 Å². The molecule has 1 aromatic heterocycles. The van der Waals surface area contributed by atoms with Gasteiger partial charge in [-0.25, -0.2) is 0 Å². The number of anilines is 1. The topological polar surface area (TPSA) is 29.0 Å². The molecule has 4 heteroatoms. The predicted octanol–water partition coefficient (Wildman–Crippen LogP) is 2.79. The number of hydrogen-bond acceptors (Lipinski definition) is 3. The van der Waals surface area contributed by atoms with Crippen LogP contribution in [0.1, 0.15) is 25.0 Å². The van der Waals surface area contributed by atoms with E-state index in [1.54, 1.807) is 0 Å². The third-order valence-electron chi connectivity index (χ3n) is 3.14. The van der Waals surface area contributed by atoms with Gasteiger partial charge in [0, 0.05) is 18.4 Å².